The third kappa shape index (κ3) is 6.23. The molecule has 1 aliphatic rings. The highest BCUT2D eigenvalue weighted by molar-refractivity contribution is 5.74. The van der Waals surface area contributed by atoms with Crippen LogP contribution in [0.5, 0.6) is 0 Å². The summed E-state index contributed by atoms with van der Waals surface area (Å²) in [4.78, 5) is 23.4. The molecule has 1 aliphatic carbocycles. The SMILES string of the molecule is CCC(CC)(CNC(=O)NC1CCC(C(=O)O)CC1)NC(C)c1ccccc1. The largest absolute Gasteiger partial charge is 0.481 e. The first-order valence-corrected chi connectivity index (χ1v) is 10.5. The molecule has 1 fully saturated rings. The second kappa shape index (κ2) is 10.5. The standard InChI is InChI=1S/C22H35N3O3/c1-4-22(5-2,25-16(3)17-9-7-6-8-10-17)15-23-21(28)24-19-13-11-18(12-14-19)20(26)27/h6-10,16,18-19,25H,4-5,11-15H2,1-3H3,(H,26,27)(H2,23,24,28). The van der Waals surface area contributed by atoms with Gasteiger partial charge in [0, 0.05) is 24.2 Å². The average molecular weight is 390 g/mol. The van der Waals surface area contributed by atoms with Gasteiger partial charge in [0.05, 0.1) is 5.92 Å². The Bertz CT molecular complexity index is 623. The average Bonchev–Trinajstić information content (AvgIpc) is 2.72. The van der Waals surface area contributed by atoms with Crippen molar-refractivity contribution < 1.29 is 14.7 Å². The Morgan fingerprint density at radius 3 is 2.25 bits per heavy atom. The minimum atomic E-state index is -0.725. The molecular formula is C22H35N3O3. The number of aliphatic carboxylic acids is 1. The van der Waals surface area contributed by atoms with E-state index in [1.54, 1.807) is 0 Å². The molecule has 1 unspecified atom stereocenters. The summed E-state index contributed by atoms with van der Waals surface area (Å²) in [6.07, 6.45) is 4.52. The van der Waals surface area contributed by atoms with Gasteiger partial charge in [-0.25, -0.2) is 4.79 Å². The van der Waals surface area contributed by atoms with Crippen LogP contribution in [-0.2, 0) is 4.79 Å². The molecule has 1 aromatic carbocycles. The van der Waals surface area contributed by atoms with Gasteiger partial charge in [0.2, 0.25) is 0 Å². The Morgan fingerprint density at radius 2 is 1.71 bits per heavy atom. The summed E-state index contributed by atoms with van der Waals surface area (Å²) < 4.78 is 0. The summed E-state index contributed by atoms with van der Waals surface area (Å²) in [5.41, 5.74) is 1.06. The van der Waals surface area contributed by atoms with Gasteiger partial charge in [0.25, 0.3) is 0 Å². The van der Waals surface area contributed by atoms with Gasteiger partial charge in [-0.15, -0.1) is 0 Å². The van der Waals surface area contributed by atoms with E-state index < -0.39 is 5.97 Å². The molecular weight excluding hydrogens is 354 g/mol. The Kier molecular flexibility index (Phi) is 8.30. The van der Waals surface area contributed by atoms with E-state index in [0.717, 1.165) is 25.7 Å². The van der Waals surface area contributed by atoms with Gasteiger partial charge in [-0.2, -0.15) is 0 Å². The number of carbonyl (C=O) groups is 2. The van der Waals surface area contributed by atoms with Crippen LogP contribution in [0.4, 0.5) is 4.79 Å². The molecule has 0 spiro atoms. The highest BCUT2D eigenvalue weighted by atomic mass is 16.4. The number of nitrogens with one attached hydrogen (secondary N) is 3. The molecule has 2 rings (SSSR count). The molecule has 4 N–H and O–H groups in total. The van der Waals surface area contributed by atoms with Crippen molar-refractivity contribution in [3.05, 3.63) is 35.9 Å². The maximum atomic E-state index is 12.4. The molecule has 0 bridgehead atoms. The van der Waals surface area contributed by atoms with Crippen molar-refractivity contribution in [1.82, 2.24) is 16.0 Å². The van der Waals surface area contributed by atoms with Crippen LogP contribution in [0.3, 0.4) is 0 Å². The molecule has 2 amide bonds. The van der Waals surface area contributed by atoms with Crippen molar-refractivity contribution in [2.24, 2.45) is 5.92 Å². The van der Waals surface area contributed by atoms with Gasteiger partial charge < -0.3 is 21.1 Å². The zero-order valence-corrected chi connectivity index (χ0v) is 17.3. The fourth-order valence-electron chi connectivity index (χ4n) is 4.01. The second-order valence-corrected chi connectivity index (χ2v) is 7.98. The smallest absolute Gasteiger partial charge is 0.315 e. The summed E-state index contributed by atoms with van der Waals surface area (Å²) >= 11 is 0. The maximum Gasteiger partial charge on any atom is 0.315 e. The molecule has 0 aromatic heterocycles. The van der Waals surface area contributed by atoms with E-state index in [2.05, 4.69) is 48.9 Å². The van der Waals surface area contributed by atoms with Crippen molar-refractivity contribution in [1.29, 1.82) is 0 Å². The van der Waals surface area contributed by atoms with Gasteiger partial charge in [-0.3, -0.25) is 4.79 Å². The van der Waals surface area contributed by atoms with Gasteiger partial charge >= 0.3 is 12.0 Å². The van der Waals surface area contributed by atoms with E-state index in [0.29, 0.717) is 19.4 Å². The predicted octanol–water partition coefficient (Wildman–Crippen LogP) is 3.84. The third-order valence-electron chi connectivity index (χ3n) is 6.17. The Balaban J connectivity index is 1.84. The number of hydrogen-bond acceptors (Lipinski definition) is 3. The molecule has 156 valence electrons. The molecule has 0 radical (unpaired) electrons. The monoisotopic (exact) mass is 389 g/mol. The van der Waals surface area contributed by atoms with E-state index in [1.807, 2.05) is 18.2 Å². The molecule has 28 heavy (non-hydrogen) atoms. The first-order valence-electron chi connectivity index (χ1n) is 10.5. The summed E-state index contributed by atoms with van der Waals surface area (Å²) in [6, 6.07) is 10.4. The quantitative estimate of drug-likeness (QED) is 0.516. The molecule has 1 saturated carbocycles. The lowest BCUT2D eigenvalue weighted by atomic mass is 9.86. The van der Waals surface area contributed by atoms with Crippen molar-refractivity contribution in [3.63, 3.8) is 0 Å². The second-order valence-electron chi connectivity index (χ2n) is 7.98. The van der Waals surface area contributed by atoms with Crippen LogP contribution in [0.15, 0.2) is 30.3 Å². The van der Waals surface area contributed by atoms with Gasteiger partial charge in [-0.1, -0.05) is 44.2 Å². The van der Waals surface area contributed by atoms with Crippen molar-refractivity contribution in [2.45, 2.75) is 76.9 Å². The van der Waals surface area contributed by atoms with Crippen molar-refractivity contribution in [3.8, 4) is 0 Å². The maximum absolute atomic E-state index is 12.4. The van der Waals surface area contributed by atoms with E-state index in [9.17, 15) is 9.59 Å². The highest BCUT2D eigenvalue weighted by Gasteiger charge is 2.30. The number of carboxylic acid groups (broad SMARTS) is 1. The first kappa shape index (κ1) is 22.2. The fraction of sp³-hybridized carbons (Fsp3) is 0.636. The molecule has 0 heterocycles. The van der Waals surface area contributed by atoms with Crippen LogP contribution in [0.25, 0.3) is 0 Å². The zero-order valence-electron chi connectivity index (χ0n) is 17.3. The Morgan fingerprint density at radius 1 is 1.11 bits per heavy atom. The fourth-order valence-corrected chi connectivity index (χ4v) is 4.01. The Labute approximate surface area is 168 Å². The van der Waals surface area contributed by atoms with Crippen LogP contribution >= 0.6 is 0 Å². The van der Waals surface area contributed by atoms with Crippen molar-refractivity contribution in [2.75, 3.05) is 6.54 Å². The van der Waals surface area contributed by atoms with E-state index in [4.69, 9.17) is 5.11 Å². The summed E-state index contributed by atoms with van der Waals surface area (Å²) in [5, 5.41) is 18.8. The first-order chi connectivity index (χ1) is 13.4. The normalized spacial score (nSPS) is 21.0. The van der Waals surface area contributed by atoms with E-state index in [1.165, 1.54) is 5.56 Å². The summed E-state index contributed by atoms with van der Waals surface area (Å²) in [5.74, 6) is -0.991. The minimum Gasteiger partial charge on any atom is -0.481 e. The molecule has 1 atom stereocenters. The number of benzene rings is 1. The molecule has 0 saturated heterocycles. The van der Waals surface area contributed by atoms with Crippen LogP contribution in [0.1, 0.15) is 70.9 Å². The summed E-state index contributed by atoms with van der Waals surface area (Å²) in [7, 11) is 0. The zero-order chi connectivity index (χ0) is 20.6. The number of carboxylic acids is 1. The lowest BCUT2D eigenvalue weighted by Crippen LogP contribution is -2.55. The predicted molar refractivity (Wildman–Crippen MR) is 111 cm³/mol. The molecule has 1 aromatic rings. The summed E-state index contributed by atoms with van der Waals surface area (Å²) in [6.45, 7) is 6.98. The van der Waals surface area contributed by atoms with Crippen LogP contribution in [0.2, 0.25) is 0 Å². The van der Waals surface area contributed by atoms with E-state index in [-0.39, 0.29) is 29.6 Å². The number of urea groups is 1. The molecule has 6 nitrogen and oxygen atoms in total. The topological polar surface area (TPSA) is 90.5 Å². The van der Waals surface area contributed by atoms with Crippen molar-refractivity contribution >= 4 is 12.0 Å². The molecule has 0 aliphatic heterocycles. The van der Waals surface area contributed by atoms with E-state index >= 15 is 0 Å². The third-order valence-corrected chi connectivity index (χ3v) is 6.17. The van der Waals surface area contributed by atoms with Crippen LogP contribution in [0, 0.1) is 5.92 Å². The van der Waals surface area contributed by atoms with Crippen LogP contribution < -0.4 is 16.0 Å². The van der Waals surface area contributed by atoms with Gasteiger partial charge in [0.1, 0.15) is 0 Å². The number of amides is 2. The van der Waals surface area contributed by atoms with Gasteiger partial charge in [0.15, 0.2) is 0 Å². The lowest BCUT2D eigenvalue weighted by Gasteiger charge is -2.37. The Hall–Kier alpha value is -2.08. The highest BCUT2D eigenvalue weighted by Crippen LogP contribution is 2.24. The van der Waals surface area contributed by atoms with Gasteiger partial charge in [-0.05, 0) is 51.0 Å². The number of hydrogen-bond donors (Lipinski definition) is 4. The lowest BCUT2D eigenvalue weighted by molar-refractivity contribution is -0.142. The number of carbonyl (C=O) groups excluding carboxylic acids is 1. The minimum absolute atomic E-state index is 0.0597. The number of rotatable bonds is 9. The molecule has 6 heteroatoms. The van der Waals surface area contributed by atoms with Crippen LogP contribution in [-0.4, -0.2) is 35.2 Å².